The third-order valence-corrected chi connectivity index (χ3v) is 2.31. The van der Waals surface area contributed by atoms with Crippen LogP contribution < -0.4 is 0 Å². The van der Waals surface area contributed by atoms with Crippen LogP contribution in [0.2, 0.25) is 0 Å². The molecule has 10 heavy (non-hydrogen) atoms. The van der Waals surface area contributed by atoms with Gasteiger partial charge in [-0.05, 0) is 24.1 Å². The van der Waals surface area contributed by atoms with Crippen LogP contribution in [0.4, 0.5) is 0 Å². The van der Waals surface area contributed by atoms with Crippen LogP contribution in [-0.4, -0.2) is 0 Å². The van der Waals surface area contributed by atoms with E-state index in [0.29, 0.717) is 6.42 Å². The van der Waals surface area contributed by atoms with E-state index in [1.165, 1.54) is 0 Å². The van der Waals surface area contributed by atoms with E-state index in [1.807, 2.05) is 20.8 Å². The van der Waals surface area contributed by atoms with Gasteiger partial charge in [0.05, 0.1) is 0 Å². The fourth-order valence-electron chi connectivity index (χ4n) is 1.76. The molecule has 0 nitrogen and oxygen atoms in total. The Morgan fingerprint density at radius 1 is 1.50 bits per heavy atom. The number of rotatable bonds is 1. The second kappa shape index (κ2) is 3.41. The molecule has 1 saturated carbocycles. The second-order valence-electron chi connectivity index (χ2n) is 3.63. The Kier molecular flexibility index (Phi) is 1.63. The lowest BCUT2D eigenvalue weighted by Crippen LogP contribution is -2.21. The minimum Gasteiger partial charge on any atom is -0.0625 e. The molecular formula is C10H20. The van der Waals surface area contributed by atoms with Crippen molar-refractivity contribution in [2.24, 2.45) is 17.7 Å². The normalized spacial score (nSPS) is 51.6. The first-order valence-electron chi connectivity index (χ1n) is 5.77. The van der Waals surface area contributed by atoms with Crippen LogP contribution in [0.3, 0.4) is 0 Å². The van der Waals surface area contributed by atoms with E-state index in [4.69, 9.17) is 4.11 Å². The van der Waals surface area contributed by atoms with Crippen molar-refractivity contribution in [3.8, 4) is 0 Å². The predicted octanol–water partition coefficient (Wildman–Crippen LogP) is 3.47. The van der Waals surface area contributed by atoms with Crippen LogP contribution in [0.15, 0.2) is 0 Å². The first-order valence-corrected chi connectivity index (χ1v) is 4.27. The quantitative estimate of drug-likeness (QED) is 0.527. The van der Waals surface area contributed by atoms with Crippen LogP contribution in [0.25, 0.3) is 0 Å². The smallest absolute Gasteiger partial charge is 0.0303 e. The van der Waals surface area contributed by atoms with E-state index in [0.717, 1.165) is 12.8 Å². The van der Waals surface area contributed by atoms with Crippen molar-refractivity contribution in [3.05, 3.63) is 0 Å². The molecule has 0 amide bonds. The molecule has 2 unspecified atom stereocenters. The van der Waals surface area contributed by atoms with Gasteiger partial charge in [0.1, 0.15) is 0 Å². The summed E-state index contributed by atoms with van der Waals surface area (Å²) in [6.45, 7) is 5.94. The molecule has 0 aliphatic heterocycles. The lowest BCUT2D eigenvalue weighted by molar-refractivity contribution is 0.196. The van der Waals surface area contributed by atoms with Crippen LogP contribution in [0.1, 0.15) is 50.5 Å². The van der Waals surface area contributed by atoms with Crippen LogP contribution in [0.5, 0.6) is 0 Å². The van der Waals surface area contributed by atoms with Crippen LogP contribution in [-0.2, 0) is 0 Å². The van der Waals surface area contributed by atoms with Crippen molar-refractivity contribution in [2.75, 3.05) is 0 Å². The van der Waals surface area contributed by atoms with Crippen LogP contribution >= 0.6 is 0 Å². The minimum absolute atomic E-state index is 0.117. The van der Waals surface area contributed by atoms with Gasteiger partial charge in [-0.25, -0.2) is 0 Å². The fraction of sp³-hybridized carbons (Fsp3) is 1.00. The fourth-order valence-corrected chi connectivity index (χ4v) is 1.76. The minimum atomic E-state index is -1.14. The molecule has 0 aromatic rings. The van der Waals surface area contributed by atoms with E-state index < -0.39 is 12.3 Å². The Morgan fingerprint density at radius 2 is 2.20 bits per heavy atom. The molecule has 0 N–H and O–H groups in total. The second-order valence-corrected chi connectivity index (χ2v) is 3.63. The Morgan fingerprint density at radius 3 is 2.60 bits per heavy atom. The largest absolute Gasteiger partial charge is 0.0625 e. The first kappa shape index (κ1) is 4.79. The zero-order valence-electron chi connectivity index (χ0n) is 10.3. The molecular weight excluding hydrogens is 120 g/mol. The zero-order valence-corrected chi connectivity index (χ0v) is 7.28. The van der Waals surface area contributed by atoms with Gasteiger partial charge in [-0.3, -0.25) is 0 Å². The highest BCUT2D eigenvalue weighted by molar-refractivity contribution is 4.74. The molecule has 1 aliphatic carbocycles. The molecule has 0 aromatic carbocycles. The lowest BCUT2D eigenvalue weighted by atomic mass is 9.75. The summed E-state index contributed by atoms with van der Waals surface area (Å²) in [6, 6.07) is 0. The SMILES string of the molecule is [2H]C1([2H])CCCC([2H])(C)C1C(C)C. The Labute approximate surface area is 69.2 Å². The van der Waals surface area contributed by atoms with E-state index in [9.17, 15) is 0 Å². The highest BCUT2D eigenvalue weighted by Gasteiger charge is 2.23. The third kappa shape index (κ3) is 1.74. The van der Waals surface area contributed by atoms with Gasteiger partial charge in [-0.2, -0.15) is 0 Å². The topological polar surface area (TPSA) is 0 Å². The summed E-state index contributed by atoms with van der Waals surface area (Å²) in [5.74, 6) is -0.429. The van der Waals surface area contributed by atoms with Gasteiger partial charge in [-0.1, -0.05) is 40.0 Å². The maximum absolute atomic E-state index is 8.13. The maximum Gasteiger partial charge on any atom is 0.0303 e. The van der Waals surface area contributed by atoms with E-state index in [1.54, 1.807) is 0 Å². The van der Waals surface area contributed by atoms with Crippen molar-refractivity contribution < 1.29 is 4.11 Å². The molecule has 1 rings (SSSR count). The van der Waals surface area contributed by atoms with Gasteiger partial charge in [-0.15, -0.1) is 0 Å². The molecule has 0 heteroatoms. The summed E-state index contributed by atoms with van der Waals surface area (Å²) in [4.78, 5) is 0. The van der Waals surface area contributed by atoms with Crippen molar-refractivity contribution in [1.82, 2.24) is 0 Å². The Hall–Kier alpha value is 0. The molecule has 1 aliphatic rings. The molecule has 0 radical (unpaired) electrons. The summed E-state index contributed by atoms with van der Waals surface area (Å²) in [6.07, 6.45) is 1.19. The van der Waals surface area contributed by atoms with Gasteiger partial charge in [0, 0.05) is 4.11 Å². The third-order valence-electron chi connectivity index (χ3n) is 2.31. The summed E-state index contributed by atoms with van der Waals surface area (Å²) >= 11 is 0. The molecule has 0 bridgehead atoms. The summed E-state index contributed by atoms with van der Waals surface area (Å²) < 4.78 is 24.0. The first-order chi connectivity index (χ1) is 5.77. The van der Waals surface area contributed by atoms with Crippen LogP contribution in [0, 0.1) is 17.7 Å². The molecule has 60 valence electrons. The van der Waals surface area contributed by atoms with Gasteiger partial charge in [0.15, 0.2) is 0 Å². The van der Waals surface area contributed by atoms with Gasteiger partial charge in [0.25, 0.3) is 0 Å². The molecule has 0 saturated heterocycles. The Balaban J connectivity index is 2.91. The Bertz CT molecular complexity index is 169. The van der Waals surface area contributed by atoms with Crippen molar-refractivity contribution in [2.45, 2.75) is 46.4 Å². The summed E-state index contributed by atoms with van der Waals surface area (Å²) in [7, 11) is 0. The highest BCUT2D eigenvalue weighted by Crippen LogP contribution is 2.34. The maximum atomic E-state index is 8.13. The standard InChI is InChI=1S/C10H20/c1-8(2)10-7-5-4-6-9(10)3/h8-10H,4-7H2,1-3H3/i7D2,9D. The van der Waals surface area contributed by atoms with Gasteiger partial charge < -0.3 is 0 Å². The monoisotopic (exact) mass is 143 g/mol. The van der Waals surface area contributed by atoms with E-state index >= 15 is 0 Å². The lowest BCUT2D eigenvalue weighted by Gasteiger charge is -2.31. The van der Waals surface area contributed by atoms with Crippen molar-refractivity contribution in [3.63, 3.8) is 0 Å². The van der Waals surface area contributed by atoms with E-state index in [-0.39, 0.29) is 11.8 Å². The predicted molar refractivity (Wildman–Crippen MR) is 46.0 cm³/mol. The molecule has 0 heterocycles. The average molecular weight is 143 g/mol. The number of hydrogen-bond acceptors (Lipinski definition) is 0. The van der Waals surface area contributed by atoms with Crippen molar-refractivity contribution in [1.29, 1.82) is 0 Å². The molecule has 0 aromatic heterocycles. The van der Waals surface area contributed by atoms with E-state index in [2.05, 4.69) is 0 Å². The number of hydrogen-bond donors (Lipinski definition) is 0. The molecule has 2 atom stereocenters. The van der Waals surface area contributed by atoms with Crippen molar-refractivity contribution >= 4 is 0 Å². The zero-order chi connectivity index (χ0) is 10.3. The van der Waals surface area contributed by atoms with Gasteiger partial charge in [0.2, 0.25) is 0 Å². The molecule has 0 spiro atoms. The summed E-state index contributed by atoms with van der Waals surface area (Å²) in [5, 5.41) is 0. The highest BCUT2D eigenvalue weighted by atomic mass is 14.3. The van der Waals surface area contributed by atoms with Gasteiger partial charge >= 0.3 is 0 Å². The molecule has 1 fully saturated rings. The average Bonchev–Trinajstić information content (AvgIpc) is 1.79. The summed E-state index contributed by atoms with van der Waals surface area (Å²) in [5.41, 5.74) is 0.